The van der Waals surface area contributed by atoms with E-state index >= 15 is 0 Å². The summed E-state index contributed by atoms with van der Waals surface area (Å²) in [6.07, 6.45) is 0. The maximum atomic E-state index is 11.6. The zero-order valence-electron chi connectivity index (χ0n) is 9.78. The summed E-state index contributed by atoms with van der Waals surface area (Å²) in [5, 5.41) is 2.75. The van der Waals surface area contributed by atoms with Gasteiger partial charge in [0, 0.05) is 25.2 Å². The number of nitrogens with one attached hydrogen (secondary N) is 1. The van der Waals surface area contributed by atoms with Crippen molar-refractivity contribution in [2.24, 2.45) is 0 Å². The molecule has 0 saturated carbocycles. The Morgan fingerprint density at radius 1 is 1.62 bits per heavy atom. The number of methoxy groups -OCH3 is 1. The fourth-order valence-corrected chi connectivity index (χ4v) is 1.08. The van der Waals surface area contributed by atoms with E-state index in [1.807, 2.05) is 19.0 Å². The van der Waals surface area contributed by atoms with Gasteiger partial charge in [-0.15, -0.1) is 0 Å². The minimum Gasteiger partial charge on any atom is -0.481 e. The molecule has 1 radical (unpaired) electrons. The number of likely N-dealkylation sites (N-methyl/N-ethyl adjacent to an activating group) is 1. The minimum atomic E-state index is -0.235. The van der Waals surface area contributed by atoms with E-state index < -0.39 is 0 Å². The van der Waals surface area contributed by atoms with Gasteiger partial charge in [0.25, 0.3) is 5.91 Å². The maximum Gasteiger partial charge on any atom is 0.270 e. The molecule has 0 spiro atoms. The van der Waals surface area contributed by atoms with Crippen LogP contribution in [0.4, 0.5) is 0 Å². The lowest BCUT2D eigenvalue weighted by molar-refractivity contribution is 0.0945. The summed E-state index contributed by atoms with van der Waals surface area (Å²) in [7, 11) is 5.40. The number of ether oxygens (including phenoxy) is 1. The quantitative estimate of drug-likeness (QED) is 0.772. The number of carbonyl (C=O) groups is 1. The predicted octanol–water partition coefficient (Wildman–Crippen LogP) is 0.182. The third-order valence-electron chi connectivity index (χ3n) is 1.94. The average Bonchev–Trinajstić information content (AvgIpc) is 2.28. The molecule has 1 aromatic heterocycles. The van der Waals surface area contributed by atoms with Gasteiger partial charge in [-0.3, -0.25) is 4.79 Å². The summed E-state index contributed by atoms with van der Waals surface area (Å²) in [6.45, 7) is 1.37. The van der Waals surface area contributed by atoms with Crippen LogP contribution in [0.1, 0.15) is 10.5 Å². The largest absolute Gasteiger partial charge is 0.481 e. The number of pyridine rings is 1. The second-order valence-electron chi connectivity index (χ2n) is 3.54. The van der Waals surface area contributed by atoms with E-state index in [-0.39, 0.29) is 11.6 Å². The molecule has 0 fully saturated rings. The summed E-state index contributed by atoms with van der Waals surface area (Å²) in [5.74, 6) is 0.178. The van der Waals surface area contributed by atoms with Crippen LogP contribution >= 0.6 is 0 Å². The monoisotopic (exact) mass is 222 g/mol. The van der Waals surface area contributed by atoms with Gasteiger partial charge >= 0.3 is 0 Å². The van der Waals surface area contributed by atoms with Crippen molar-refractivity contribution in [2.75, 3.05) is 34.3 Å². The first-order valence-electron chi connectivity index (χ1n) is 4.99. The summed E-state index contributed by atoms with van der Waals surface area (Å²) >= 11 is 0. The van der Waals surface area contributed by atoms with Crippen molar-refractivity contribution in [1.82, 2.24) is 15.2 Å². The van der Waals surface area contributed by atoms with Gasteiger partial charge in [0.1, 0.15) is 5.69 Å². The van der Waals surface area contributed by atoms with Crippen molar-refractivity contribution in [1.29, 1.82) is 0 Å². The van der Waals surface area contributed by atoms with E-state index in [0.717, 1.165) is 6.54 Å². The molecule has 1 rings (SSSR count). The third kappa shape index (κ3) is 3.86. The first-order valence-corrected chi connectivity index (χ1v) is 4.99. The average molecular weight is 222 g/mol. The Labute approximate surface area is 95.4 Å². The minimum absolute atomic E-state index is 0.235. The van der Waals surface area contributed by atoms with E-state index in [1.165, 1.54) is 7.11 Å². The Balaban J connectivity index is 2.52. The van der Waals surface area contributed by atoms with Crippen molar-refractivity contribution in [2.45, 2.75) is 0 Å². The van der Waals surface area contributed by atoms with Crippen LogP contribution in [-0.4, -0.2) is 50.1 Å². The van der Waals surface area contributed by atoms with Crippen LogP contribution in [0, 0.1) is 6.07 Å². The molecule has 0 saturated heterocycles. The first-order chi connectivity index (χ1) is 7.63. The van der Waals surface area contributed by atoms with E-state index in [1.54, 1.807) is 12.1 Å². The van der Waals surface area contributed by atoms with Gasteiger partial charge in [-0.1, -0.05) is 0 Å². The highest BCUT2D eigenvalue weighted by Gasteiger charge is 2.07. The summed E-state index contributed by atoms with van der Waals surface area (Å²) in [4.78, 5) is 17.6. The van der Waals surface area contributed by atoms with E-state index in [4.69, 9.17) is 4.74 Å². The van der Waals surface area contributed by atoms with Crippen molar-refractivity contribution in [3.8, 4) is 5.88 Å². The second-order valence-corrected chi connectivity index (χ2v) is 3.54. The molecule has 1 heterocycles. The SMILES string of the molecule is COc1cc[c]c(C(=O)NCCN(C)C)n1. The predicted molar refractivity (Wildman–Crippen MR) is 60.5 cm³/mol. The number of amides is 1. The molecule has 1 aromatic rings. The summed E-state index contributed by atoms with van der Waals surface area (Å²) in [5.41, 5.74) is 0.248. The molecule has 0 bridgehead atoms. The van der Waals surface area contributed by atoms with Crippen molar-refractivity contribution in [3.05, 3.63) is 23.9 Å². The van der Waals surface area contributed by atoms with Gasteiger partial charge in [0.15, 0.2) is 0 Å². The maximum absolute atomic E-state index is 11.6. The van der Waals surface area contributed by atoms with Gasteiger partial charge in [-0.05, 0) is 20.2 Å². The molecule has 0 atom stereocenters. The lowest BCUT2D eigenvalue weighted by Gasteiger charge is -2.10. The topological polar surface area (TPSA) is 54.5 Å². The number of carbonyl (C=O) groups excluding carboxylic acids is 1. The van der Waals surface area contributed by atoms with Gasteiger partial charge in [0.2, 0.25) is 5.88 Å². The number of rotatable bonds is 5. The fraction of sp³-hybridized carbons (Fsp3) is 0.455. The third-order valence-corrected chi connectivity index (χ3v) is 1.94. The Morgan fingerprint density at radius 2 is 2.38 bits per heavy atom. The standard InChI is InChI=1S/C11H16N3O2/c1-14(2)8-7-12-11(15)9-5-4-6-10(13-9)16-3/h4,6H,7-8H2,1-3H3,(H,12,15). The molecule has 0 aliphatic heterocycles. The highest BCUT2D eigenvalue weighted by molar-refractivity contribution is 5.92. The Morgan fingerprint density at radius 3 is 3.00 bits per heavy atom. The van der Waals surface area contributed by atoms with Gasteiger partial charge in [0.05, 0.1) is 7.11 Å². The normalized spacial score (nSPS) is 10.2. The van der Waals surface area contributed by atoms with Crippen LogP contribution in [0.3, 0.4) is 0 Å². The van der Waals surface area contributed by atoms with Crippen LogP contribution in [0.2, 0.25) is 0 Å². The summed E-state index contributed by atoms with van der Waals surface area (Å²) < 4.78 is 4.93. The lowest BCUT2D eigenvalue weighted by atomic mass is 10.3. The van der Waals surface area contributed by atoms with Crippen LogP contribution in [-0.2, 0) is 0 Å². The smallest absolute Gasteiger partial charge is 0.270 e. The zero-order chi connectivity index (χ0) is 12.0. The van der Waals surface area contributed by atoms with Crippen molar-refractivity contribution in [3.63, 3.8) is 0 Å². The number of nitrogens with zero attached hydrogens (tertiary/aromatic N) is 2. The van der Waals surface area contributed by atoms with Crippen molar-refractivity contribution >= 4 is 5.91 Å². The van der Waals surface area contributed by atoms with E-state index in [2.05, 4.69) is 16.4 Å². The second kappa shape index (κ2) is 6.07. The molecule has 0 aliphatic carbocycles. The van der Waals surface area contributed by atoms with Gasteiger partial charge in [-0.25, -0.2) is 4.98 Å². The molecule has 1 amide bonds. The molecule has 5 heteroatoms. The molecule has 87 valence electrons. The highest BCUT2D eigenvalue weighted by atomic mass is 16.5. The first kappa shape index (κ1) is 12.4. The zero-order valence-corrected chi connectivity index (χ0v) is 9.78. The molecular formula is C11H16N3O2. The number of hydrogen-bond donors (Lipinski definition) is 1. The molecule has 16 heavy (non-hydrogen) atoms. The fourth-order valence-electron chi connectivity index (χ4n) is 1.08. The van der Waals surface area contributed by atoms with E-state index in [9.17, 15) is 4.79 Å². The molecule has 0 aliphatic rings. The van der Waals surface area contributed by atoms with E-state index in [0.29, 0.717) is 12.4 Å². The molecule has 0 aromatic carbocycles. The number of aromatic nitrogens is 1. The van der Waals surface area contributed by atoms with Crippen LogP contribution in [0.15, 0.2) is 12.1 Å². The number of hydrogen-bond acceptors (Lipinski definition) is 4. The molecule has 1 N–H and O–H groups in total. The molecule has 0 unspecified atom stereocenters. The lowest BCUT2D eigenvalue weighted by Crippen LogP contribution is -2.31. The Bertz CT molecular complexity index is 353. The van der Waals surface area contributed by atoms with Crippen molar-refractivity contribution < 1.29 is 9.53 Å². The molecular weight excluding hydrogens is 206 g/mol. The van der Waals surface area contributed by atoms with Crippen LogP contribution in [0.5, 0.6) is 5.88 Å². The van der Waals surface area contributed by atoms with Gasteiger partial charge in [-0.2, -0.15) is 0 Å². The Kier molecular flexibility index (Phi) is 4.72. The molecule has 5 nitrogen and oxygen atoms in total. The van der Waals surface area contributed by atoms with Crippen LogP contribution in [0.25, 0.3) is 0 Å². The van der Waals surface area contributed by atoms with Gasteiger partial charge < -0.3 is 15.0 Å². The highest BCUT2D eigenvalue weighted by Crippen LogP contribution is 2.05. The summed E-state index contributed by atoms with van der Waals surface area (Å²) in [6, 6.07) is 6.03. The Hall–Kier alpha value is -1.62. The van der Waals surface area contributed by atoms with Crippen LogP contribution < -0.4 is 10.1 Å².